The molecule has 0 amide bonds. The Morgan fingerprint density at radius 3 is 2.50 bits per heavy atom. The van der Waals surface area contributed by atoms with Crippen molar-refractivity contribution in [3.05, 3.63) is 30.3 Å². The van der Waals surface area contributed by atoms with Gasteiger partial charge in [-0.15, -0.1) is 11.8 Å². The molecule has 0 N–H and O–H groups in total. The number of rotatable bonds is 3. The van der Waals surface area contributed by atoms with Gasteiger partial charge in [-0.3, -0.25) is 4.79 Å². The highest BCUT2D eigenvalue weighted by Gasteiger charge is 2.38. The van der Waals surface area contributed by atoms with E-state index in [1.165, 1.54) is 4.90 Å². The molecule has 16 heavy (non-hydrogen) atoms. The van der Waals surface area contributed by atoms with Crippen LogP contribution in [0, 0.1) is 5.92 Å². The summed E-state index contributed by atoms with van der Waals surface area (Å²) in [6, 6.07) is 10.4. The highest BCUT2D eigenvalue weighted by atomic mass is 32.2. The summed E-state index contributed by atoms with van der Waals surface area (Å²) in [7, 11) is 0. The van der Waals surface area contributed by atoms with Crippen LogP contribution in [0.25, 0.3) is 0 Å². The molecule has 0 aliphatic heterocycles. The maximum absolute atomic E-state index is 11.8. The van der Waals surface area contributed by atoms with E-state index in [9.17, 15) is 4.79 Å². The summed E-state index contributed by atoms with van der Waals surface area (Å²) in [4.78, 5) is 13.1. The Hall–Kier alpha value is -0.760. The maximum Gasteiger partial charge on any atom is 0.137 e. The summed E-state index contributed by atoms with van der Waals surface area (Å²) >= 11 is 1.83. The monoisotopic (exact) mass is 234 g/mol. The number of benzene rings is 1. The molecule has 2 rings (SSSR count). The Labute approximate surface area is 102 Å². The molecule has 0 spiro atoms. The molecule has 0 bridgehead atoms. The molecular formula is C14H18OS. The summed E-state index contributed by atoms with van der Waals surface area (Å²) in [6.45, 7) is 4.39. The SMILES string of the molecule is CC(C)(Sc1ccccc1)C1CCCC1=O. The molecule has 1 aromatic carbocycles. The average molecular weight is 234 g/mol. The third-order valence-electron chi connectivity index (χ3n) is 3.27. The summed E-state index contributed by atoms with van der Waals surface area (Å²) in [5.41, 5.74) is 0. The number of carbonyl (C=O) groups is 1. The van der Waals surface area contributed by atoms with Crippen LogP contribution in [0.5, 0.6) is 0 Å². The third-order valence-corrected chi connectivity index (χ3v) is 4.59. The van der Waals surface area contributed by atoms with E-state index in [1.807, 2.05) is 17.8 Å². The van der Waals surface area contributed by atoms with Crippen molar-refractivity contribution < 1.29 is 4.79 Å². The van der Waals surface area contributed by atoms with Crippen molar-refractivity contribution >= 4 is 17.5 Å². The van der Waals surface area contributed by atoms with Gasteiger partial charge in [0, 0.05) is 22.0 Å². The zero-order valence-corrected chi connectivity index (χ0v) is 10.7. The molecule has 86 valence electrons. The lowest BCUT2D eigenvalue weighted by Gasteiger charge is -2.29. The molecule has 1 aromatic rings. The van der Waals surface area contributed by atoms with E-state index >= 15 is 0 Å². The van der Waals surface area contributed by atoms with Gasteiger partial charge in [-0.2, -0.15) is 0 Å². The minimum absolute atomic E-state index is 0.0228. The van der Waals surface area contributed by atoms with Gasteiger partial charge in [0.2, 0.25) is 0 Å². The lowest BCUT2D eigenvalue weighted by atomic mass is 9.93. The van der Waals surface area contributed by atoms with Crippen molar-refractivity contribution in [2.24, 2.45) is 5.92 Å². The zero-order valence-electron chi connectivity index (χ0n) is 9.90. The standard InChI is InChI=1S/C14H18OS/c1-14(2,12-9-6-10-13(12)15)16-11-7-4-3-5-8-11/h3-5,7-8,12H,6,9-10H2,1-2H3. The van der Waals surface area contributed by atoms with E-state index < -0.39 is 0 Å². The lowest BCUT2D eigenvalue weighted by Crippen LogP contribution is -2.30. The summed E-state index contributed by atoms with van der Waals surface area (Å²) < 4.78 is 0.0228. The number of hydrogen-bond donors (Lipinski definition) is 0. The molecule has 1 aliphatic carbocycles. The first-order valence-electron chi connectivity index (χ1n) is 5.86. The summed E-state index contributed by atoms with van der Waals surface area (Å²) in [6.07, 6.45) is 2.91. The highest BCUT2D eigenvalue weighted by Crippen LogP contribution is 2.43. The van der Waals surface area contributed by atoms with Crippen LogP contribution in [-0.2, 0) is 4.79 Å². The second-order valence-corrected chi connectivity index (χ2v) is 6.66. The minimum Gasteiger partial charge on any atom is -0.299 e. The van der Waals surface area contributed by atoms with Gasteiger partial charge in [0.05, 0.1) is 0 Å². The molecule has 1 nitrogen and oxygen atoms in total. The van der Waals surface area contributed by atoms with Gasteiger partial charge < -0.3 is 0 Å². The van der Waals surface area contributed by atoms with Gasteiger partial charge >= 0.3 is 0 Å². The van der Waals surface area contributed by atoms with Gasteiger partial charge in [0.1, 0.15) is 5.78 Å². The number of carbonyl (C=O) groups excluding carboxylic acids is 1. The van der Waals surface area contributed by atoms with E-state index in [2.05, 4.69) is 38.1 Å². The quantitative estimate of drug-likeness (QED) is 0.737. The van der Waals surface area contributed by atoms with Crippen molar-refractivity contribution in [1.29, 1.82) is 0 Å². The number of ketones is 1. The van der Waals surface area contributed by atoms with Crippen molar-refractivity contribution in [3.8, 4) is 0 Å². The molecule has 1 unspecified atom stereocenters. The largest absolute Gasteiger partial charge is 0.299 e. The fourth-order valence-corrected chi connectivity index (χ4v) is 3.71. The van der Waals surface area contributed by atoms with Gasteiger partial charge in [-0.1, -0.05) is 18.2 Å². The van der Waals surface area contributed by atoms with E-state index in [1.54, 1.807) is 0 Å². The van der Waals surface area contributed by atoms with Crippen molar-refractivity contribution in [3.63, 3.8) is 0 Å². The Morgan fingerprint density at radius 1 is 1.25 bits per heavy atom. The number of thioether (sulfide) groups is 1. The Morgan fingerprint density at radius 2 is 1.94 bits per heavy atom. The first-order valence-corrected chi connectivity index (χ1v) is 6.68. The van der Waals surface area contributed by atoms with Crippen LogP contribution in [-0.4, -0.2) is 10.5 Å². The molecule has 1 aliphatic rings. The number of hydrogen-bond acceptors (Lipinski definition) is 2. The predicted octanol–water partition coefficient (Wildman–Crippen LogP) is 3.93. The Kier molecular flexibility index (Phi) is 3.38. The van der Waals surface area contributed by atoms with E-state index in [0.717, 1.165) is 19.3 Å². The molecule has 0 aromatic heterocycles. The minimum atomic E-state index is 0.0228. The molecule has 0 saturated heterocycles. The molecule has 1 saturated carbocycles. The van der Waals surface area contributed by atoms with Crippen LogP contribution in [0.1, 0.15) is 33.1 Å². The Balaban J connectivity index is 2.10. The fourth-order valence-electron chi connectivity index (χ4n) is 2.41. The van der Waals surface area contributed by atoms with Crippen molar-refractivity contribution in [1.82, 2.24) is 0 Å². The van der Waals surface area contributed by atoms with Crippen LogP contribution in [0.3, 0.4) is 0 Å². The molecule has 0 heterocycles. The normalized spacial score (nSPS) is 21.4. The average Bonchev–Trinajstić information content (AvgIpc) is 2.66. The van der Waals surface area contributed by atoms with Gasteiger partial charge in [0.15, 0.2) is 0 Å². The topological polar surface area (TPSA) is 17.1 Å². The molecule has 0 radical (unpaired) electrons. The van der Waals surface area contributed by atoms with Gasteiger partial charge in [-0.05, 0) is 38.8 Å². The van der Waals surface area contributed by atoms with Crippen LogP contribution in [0.15, 0.2) is 35.2 Å². The molecular weight excluding hydrogens is 216 g/mol. The van der Waals surface area contributed by atoms with Crippen LogP contribution in [0.4, 0.5) is 0 Å². The molecule has 1 fully saturated rings. The second kappa shape index (κ2) is 4.62. The first kappa shape index (κ1) is 11.7. The maximum atomic E-state index is 11.8. The summed E-state index contributed by atoms with van der Waals surface area (Å²) in [5, 5.41) is 0. The first-order chi connectivity index (χ1) is 7.59. The number of Topliss-reactive ketones (excluding diaryl/α,β-unsaturated/α-hetero) is 1. The third kappa shape index (κ3) is 2.49. The van der Waals surface area contributed by atoms with Gasteiger partial charge in [-0.25, -0.2) is 0 Å². The van der Waals surface area contributed by atoms with Crippen LogP contribution >= 0.6 is 11.8 Å². The summed E-state index contributed by atoms with van der Waals surface area (Å²) in [5.74, 6) is 0.686. The zero-order chi connectivity index (χ0) is 11.6. The predicted molar refractivity (Wildman–Crippen MR) is 68.7 cm³/mol. The fraction of sp³-hybridized carbons (Fsp3) is 0.500. The van der Waals surface area contributed by atoms with Crippen molar-refractivity contribution in [2.75, 3.05) is 0 Å². The molecule has 1 atom stereocenters. The smallest absolute Gasteiger partial charge is 0.137 e. The lowest BCUT2D eigenvalue weighted by molar-refractivity contribution is -0.121. The second-order valence-electron chi connectivity index (χ2n) is 4.93. The van der Waals surface area contributed by atoms with Crippen molar-refractivity contribution in [2.45, 2.75) is 42.8 Å². The van der Waals surface area contributed by atoms with Crippen LogP contribution < -0.4 is 0 Å². The Bertz CT molecular complexity index is 370. The van der Waals surface area contributed by atoms with Crippen LogP contribution in [0.2, 0.25) is 0 Å². The van der Waals surface area contributed by atoms with Gasteiger partial charge in [0.25, 0.3) is 0 Å². The highest BCUT2D eigenvalue weighted by molar-refractivity contribution is 8.00. The molecule has 2 heteroatoms. The van der Waals surface area contributed by atoms with E-state index in [0.29, 0.717) is 5.78 Å². The van der Waals surface area contributed by atoms with E-state index in [4.69, 9.17) is 0 Å². The van der Waals surface area contributed by atoms with E-state index in [-0.39, 0.29) is 10.7 Å².